The molecule has 0 fully saturated rings. The van der Waals surface area contributed by atoms with E-state index in [4.69, 9.17) is 0 Å². The number of nitrogens with one attached hydrogen (secondary N) is 1. The lowest BCUT2D eigenvalue weighted by atomic mass is 10.1. The third-order valence-electron chi connectivity index (χ3n) is 4.77. The molecule has 1 N–H and O–H groups in total. The van der Waals surface area contributed by atoms with Crippen LogP contribution in [-0.4, -0.2) is 27.4 Å². The molecule has 0 aliphatic carbocycles. The van der Waals surface area contributed by atoms with Crippen molar-refractivity contribution in [2.45, 2.75) is 32.9 Å². The van der Waals surface area contributed by atoms with Gasteiger partial charge in [0.15, 0.2) is 0 Å². The number of anilines is 2. The molecule has 6 nitrogen and oxygen atoms in total. The number of para-hydroxylation sites is 4. The number of carbonyl (C=O) groups excluding carboxylic acids is 2. The van der Waals surface area contributed by atoms with Crippen LogP contribution in [0.2, 0.25) is 0 Å². The molecule has 2 amide bonds. The van der Waals surface area contributed by atoms with Crippen molar-refractivity contribution in [3.8, 4) is 0 Å². The van der Waals surface area contributed by atoms with E-state index in [2.05, 4.69) is 10.3 Å². The fourth-order valence-electron chi connectivity index (χ4n) is 3.57. The maximum absolute atomic E-state index is 13.2. The van der Waals surface area contributed by atoms with Crippen LogP contribution < -0.4 is 10.2 Å². The predicted octanol–water partition coefficient (Wildman–Crippen LogP) is 3.11. The van der Waals surface area contributed by atoms with Crippen LogP contribution in [0.25, 0.3) is 11.0 Å². The monoisotopic (exact) mass is 348 g/mol. The maximum atomic E-state index is 13.2. The SMILES string of the molecule is Cc1nc2ccccc2n1CC(=O)N1c2ccccc2NC(=O)CC1C. The van der Waals surface area contributed by atoms with E-state index < -0.39 is 0 Å². The van der Waals surface area contributed by atoms with Gasteiger partial charge in [0.2, 0.25) is 11.8 Å². The topological polar surface area (TPSA) is 67.2 Å². The number of aromatic nitrogens is 2. The predicted molar refractivity (Wildman–Crippen MR) is 101 cm³/mol. The van der Waals surface area contributed by atoms with Gasteiger partial charge in [0.05, 0.1) is 22.4 Å². The molecule has 1 unspecified atom stereocenters. The van der Waals surface area contributed by atoms with E-state index in [0.717, 1.165) is 22.5 Å². The summed E-state index contributed by atoms with van der Waals surface area (Å²) in [4.78, 5) is 31.6. The Kier molecular flexibility index (Phi) is 3.95. The van der Waals surface area contributed by atoms with Crippen molar-refractivity contribution in [1.82, 2.24) is 9.55 Å². The van der Waals surface area contributed by atoms with Crippen LogP contribution >= 0.6 is 0 Å². The Labute approximate surface area is 151 Å². The number of amides is 2. The maximum Gasteiger partial charge on any atom is 0.247 e. The zero-order chi connectivity index (χ0) is 18.3. The lowest BCUT2D eigenvalue weighted by Crippen LogP contribution is -2.41. The van der Waals surface area contributed by atoms with Crippen molar-refractivity contribution in [1.29, 1.82) is 0 Å². The van der Waals surface area contributed by atoms with Gasteiger partial charge in [0, 0.05) is 12.5 Å². The van der Waals surface area contributed by atoms with E-state index in [9.17, 15) is 9.59 Å². The summed E-state index contributed by atoms with van der Waals surface area (Å²) < 4.78 is 1.92. The first kappa shape index (κ1) is 16.3. The molecule has 1 atom stereocenters. The van der Waals surface area contributed by atoms with Gasteiger partial charge in [0.25, 0.3) is 0 Å². The number of fused-ring (bicyclic) bond motifs is 2. The highest BCUT2D eigenvalue weighted by atomic mass is 16.2. The molecule has 0 saturated carbocycles. The van der Waals surface area contributed by atoms with E-state index in [-0.39, 0.29) is 30.8 Å². The van der Waals surface area contributed by atoms with Gasteiger partial charge >= 0.3 is 0 Å². The van der Waals surface area contributed by atoms with E-state index >= 15 is 0 Å². The largest absolute Gasteiger partial charge is 0.324 e. The Morgan fingerprint density at radius 3 is 2.77 bits per heavy atom. The first-order chi connectivity index (χ1) is 12.5. The smallest absolute Gasteiger partial charge is 0.247 e. The summed E-state index contributed by atoms with van der Waals surface area (Å²) in [6.07, 6.45) is 0.268. The van der Waals surface area contributed by atoms with E-state index in [1.54, 1.807) is 4.90 Å². The van der Waals surface area contributed by atoms with Crippen molar-refractivity contribution < 1.29 is 9.59 Å². The Morgan fingerprint density at radius 1 is 1.19 bits per heavy atom. The minimum absolute atomic E-state index is 0.0623. The number of benzene rings is 2. The molecule has 3 aromatic rings. The van der Waals surface area contributed by atoms with Gasteiger partial charge in [-0.05, 0) is 38.1 Å². The van der Waals surface area contributed by atoms with Gasteiger partial charge in [-0.15, -0.1) is 0 Å². The van der Waals surface area contributed by atoms with Gasteiger partial charge < -0.3 is 14.8 Å². The van der Waals surface area contributed by atoms with E-state index in [1.807, 2.05) is 66.9 Å². The first-order valence-corrected chi connectivity index (χ1v) is 8.67. The van der Waals surface area contributed by atoms with Crippen LogP contribution in [0, 0.1) is 6.92 Å². The molecule has 26 heavy (non-hydrogen) atoms. The van der Waals surface area contributed by atoms with Crippen molar-refractivity contribution >= 4 is 34.2 Å². The number of nitrogens with zero attached hydrogens (tertiary/aromatic N) is 3. The van der Waals surface area contributed by atoms with Crippen LogP contribution in [0.1, 0.15) is 19.2 Å². The molecule has 4 rings (SSSR count). The van der Waals surface area contributed by atoms with E-state index in [1.165, 1.54) is 0 Å². The number of carbonyl (C=O) groups is 2. The molecule has 2 aromatic carbocycles. The Morgan fingerprint density at radius 2 is 1.92 bits per heavy atom. The molecule has 0 saturated heterocycles. The van der Waals surface area contributed by atoms with Gasteiger partial charge in [-0.25, -0.2) is 4.98 Å². The molecule has 0 bridgehead atoms. The highest BCUT2D eigenvalue weighted by molar-refractivity contribution is 6.04. The summed E-state index contributed by atoms with van der Waals surface area (Å²) in [6, 6.07) is 15.0. The Hall–Kier alpha value is -3.15. The van der Waals surface area contributed by atoms with Crippen LogP contribution in [0.15, 0.2) is 48.5 Å². The summed E-state index contributed by atoms with van der Waals surface area (Å²) in [5.41, 5.74) is 3.21. The van der Waals surface area contributed by atoms with Crippen molar-refractivity contribution in [3.05, 3.63) is 54.4 Å². The second kappa shape index (κ2) is 6.29. The number of imidazole rings is 1. The number of hydrogen-bond acceptors (Lipinski definition) is 3. The summed E-state index contributed by atoms with van der Waals surface area (Å²) in [7, 11) is 0. The highest BCUT2D eigenvalue weighted by Crippen LogP contribution is 2.31. The molecule has 0 radical (unpaired) electrons. The van der Waals surface area contributed by atoms with E-state index in [0.29, 0.717) is 5.69 Å². The highest BCUT2D eigenvalue weighted by Gasteiger charge is 2.30. The molecule has 1 aliphatic heterocycles. The fraction of sp³-hybridized carbons (Fsp3) is 0.250. The molecular weight excluding hydrogens is 328 g/mol. The van der Waals surface area contributed by atoms with Crippen LogP contribution in [-0.2, 0) is 16.1 Å². The molecule has 1 aliphatic rings. The number of aryl methyl sites for hydroxylation is 1. The third-order valence-corrected chi connectivity index (χ3v) is 4.77. The zero-order valence-electron chi connectivity index (χ0n) is 14.8. The quantitative estimate of drug-likeness (QED) is 0.774. The van der Waals surface area contributed by atoms with Gasteiger partial charge in [0.1, 0.15) is 12.4 Å². The van der Waals surface area contributed by atoms with Crippen LogP contribution in [0.3, 0.4) is 0 Å². The Balaban J connectivity index is 1.73. The summed E-state index contributed by atoms with van der Waals surface area (Å²) >= 11 is 0. The van der Waals surface area contributed by atoms with Gasteiger partial charge in [-0.2, -0.15) is 0 Å². The average molecular weight is 348 g/mol. The zero-order valence-corrected chi connectivity index (χ0v) is 14.8. The summed E-state index contributed by atoms with van der Waals surface area (Å²) in [6.45, 7) is 3.98. The van der Waals surface area contributed by atoms with Gasteiger partial charge in [-0.3, -0.25) is 9.59 Å². The van der Waals surface area contributed by atoms with Crippen molar-refractivity contribution in [2.75, 3.05) is 10.2 Å². The molecule has 2 heterocycles. The normalized spacial score (nSPS) is 16.9. The van der Waals surface area contributed by atoms with Crippen molar-refractivity contribution in [2.24, 2.45) is 0 Å². The minimum atomic E-state index is -0.221. The number of rotatable bonds is 2. The molecular formula is C20H20N4O2. The Bertz CT molecular complexity index is 1010. The molecule has 6 heteroatoms. The summed E-state index contributed by atoms with van der Waals surface area (Å²) in [5, 5.41) is 2.89. The fourth-order valence-corrected chi connectivity index (χ4v) is 3.57. The lowest BCUT2D eigenvalue weighted by Gasteiger charge is -2.28. The van der Waals surface area contributed by atoms with Crippen LogP contribution in [0.4, 0.5) is 11.4 Å². The lowest BCUT2D eigenvalue weighted by molar-refractivity contribution is -0.119. The molecule has 1 aromatic heterocycles. The average Bonchev–Trinajstić information content (AvgIpc) is 2.84. The third kappa shape index (κ3) is 2.73. The second-order valence-corrected chi connectivity index (χ2v) is 6.62. The summed E-state index contributed by atoms with van der Waals surface area (Å²) in [5.74, 6) is 0.654. The van der Waals surface area contributed by atoms with Crippen LogP contribution in [0.5, 0.6) is 0 Å². The van der Waals surface area contributed by atoms with Crippen molar-refractivity contribution in [3.63, 3.8) is 0 Å². The first-order valence-electron chi connectivity index (χ1n) is 8.67. The standard InChI is InChI=1S/C20H20N4O2/c1-13-11-19(25)22-16-8-4-6-10-18(16)24(13)20(26)12-23-14(2)21-15-7-3-5-9-17(15)23/h3-10,13H,11-12H2,1-2H3,(H,22,25). The minimum Gasteiger partial charge on any atom is -0.324 e. The van der Waals surface area contributed by atoms with Gasteiger partial charge in [-0.1, -0.05) is 24.3 Å². The second-order valence-electron chi connectivity index (χ2n) is 6.62. The molecule has 132 valence electrons. The number of hydrogen-bond donors (Lipinski definition) is 1. The molecule has 0 spiro atoms.